The van der Waals surface area contributed by atoms with E-state index in [1.165, 1.54) is 20.3 Å². The number of likely N-dealkylation sites (tertiary alicyclic amines) is 1. The maximum absolute atomic E-state index is 12.3. The summed E-state index contributed by atoms with van der Waals surface area (Å²) in [4.78, 5) is 14.0. The van der Waals surface area contributed by atoms with Crippen LogP contribution in [0.3, 0.4) is 0 Å². The maximum atomic E-state index is 12.3. The molecule has 0 spiro atoms. The topological polar surface area (TPSA) is 82.8 Å². The second-order valence-electron chi connectivity index (χ2n) is 4.94. The highest BCUT2D eigenvalue weighted by Crippen LogP contribution is 2.37. The van der Waals surface area contributed by atoms with Gasteiger partial charge in [0.15, 0.2) is 11.5 Å². The molecule has 1 amide bonds. The third-order valence-electron chi connectivity index (χ3n) is 3.56. The molecule has 1 saturated heterocycles. The highest BCUT2D eigenvalue weighted by atomic mass is 16.5. The molecule has 1 aliphatic heterocycles. The summed E-state index contributed by atoms with van der Waals surface area (Å²) >= 11 is 0. The molecule has 0 saturated carbocycles. The molecule has 1 aromatic carbocycles. The number of carbonyl (C=O) groups is 1. The summed E-state index contributed by atoms with van der Waals surface area (Å²) in [6.07, 6.45) is 3.40. The number of carbonyl (C=O) groups excluding carboxylic acids is 1. The van der Waals surface area contributed by atoms with E-state index < -0.39 is 0 Å². The average molecular weight is 302 g/mol. The van der Waals surface area contributed by atoms with Gasteiger partial charge in [-0.1, -0.05) is 0 Å². The van der Waals surface area contributed by atoms with E-state index in [1.807, 2.05) is 6.07 Å². The first kappa shape index (κ1) is 15.7. The van der Waals surface area contributed by atoms with Crippen molar-refractivity contribution in [1.82, 2.24) is 4.90 Å². The van der Waals surface area contributed by atoms with Gasteiger partial charge in [-0.25, -0.2) is 0 Å². The van der Waals surface area contributed by atoms with Crippen molar-refractivity contribution in [1.29, 1.82) is 5.26 Å². The number of aromatic hydroxyl groups is 1. The zero-order chi connectivity index (χ0) is 16.1. The van der Waals surface area contributed by atoms with E-state index in [0.29, 0.717) is 18.7 Å². The molecule has 0 atom stereocenters. The number of nitriles is 1. The number of hydrogen-bond acceptors (Lipinski definition) is 5. The summed E-state index contributed by atoms with van der Waals surface area (Å²) in [5.74, 6) is 0.0468. The number of hydrogen-bond donors (Lipinski definition) is 1. The van der Waals surface area contributed by atoms with Gasteiger partial charge in [0.1, 0.15) is 11.6 Å². The van der Waals surface area contributed by atoms with Crippen LogP contribution in [0.25, 0.3) is 6.08 Å². The predicted molar refractivity (Wildman–Crippen MR) is 80.6 cm³/mol. The normalized spacial score (nSPS) is 14.6. The molecule has 22 heavy (non-hydrogen) atoms. The quantitative estimate of drug-likeness (QED) is 0.679. The molecule has 1 heterocycles. The molecular weight excluding hydrogens is 284 g/mol. The zero-order valence-corrected chi connectivity index (χ0v) is 12.6. The number of rotatable bonds is 4. The molecule has 0 aromatic heterocycles. The van der Waals surface area contributed by atoms with E-state index >= 15 is 0 Å². The van der Waals surface area contributed by atoms with Gasteiger partial charge in [0.25, 0.3) is 5.91 Å². The van der Waals surface area contributed by atoms with Crippen molar-refractivity contribution in [3.8, 4) is 23.3 Å². The van der Waals surface area contributed by atoms with Crippen LogP contribution in [-0.4, -0.2) is 43.2 Å². The molecule has 1 aromatic rings. The molecule has 6 nitrogen and oxygen atoms in total. The number of methoxy groups -OCH3 is 2. The third-order valence-corrected chi connectivity index (χ3v) is 3.56. The Bertz CT molecular complexity index is 615. The van der Waals surface area contributed by atoms with Crippen LogP contribution < -0.4 is 9.47 Å². The minimum Gasteiger partial charge on any atom is -0.502 e. The highest BCUT2D eigenvalue weighted by molar-refractivity contribution is 6.01. The number of phenolic OH excluding ortho intramolecular Hbond substituents is 1. The van der Waals surface area contributed by atoms with Crippen LogP contribution in [0.4, 0.5) is 0 Å². The maximum Gasteiger partial charge on any atom is 0.264 e. The van der Waals surface area contributed by atoms with E-state index in [2.05, 4.69) is 0 Å². The van der Waals surface area contributed by atoms with Gasteiger partial charge in [-0.15, -0.1) is 0 Å². The lowest BCUT2D eigenvalue weighted by Crippen LogP contribution is -2.28. The van der Waals surface area contributed by atoms with Crippen LogP contribution in [-0.2, 0) is 4.79 Å². The number of nitrogens with zero attached hydrogens (tertiary/aromatic N) is 2. The first-order valence-corrected chi connectivity index (χ1v) is 6.96. The summed E-state index contributed by atoms with van der Waals surface area (Å²) in [5.41, 5.74) is 0.604. The Balaban J connectivity index is 2.37. The molecule has 1 fully saturated rings. The Labute approximate surface area is 129 Å². The Morgan fingerprint density at radius 1 is 1.27 bits per heavy atom. The van der Waals surface area contributed by atoms with Crippen LogP contribution in [0.15, 0.2) is 17.7 Å². The third kappa shape index (κ3) is 3.14. The SMILES string of the molecule is COc1cc(/C=C(/C#N)C(=O)N2CCCC2)cc(OC)c1O. The number of amides is 1. The molecule has 6 heteroatoms. The van der Waals surface area contributed by atoms with Gasteiger partial charge in [-0.05, 0) is 36.6 Å². The van der Waals surface area contributed by atoms with Crippen LogP contribution in [0.2, 0.25) is 0 Å². The molecule has 0 bridgehead atoms. The van der Waals surface area contributed by atoms with E-state index in [0.717, 1.165) is 12.8 Å². The summed E-state index contributed by atoms with van der Waals surface area (Å²) in [7, 11) is 2.84. The van der Waals surface area contributed by atoms with Crippen molar-refractivity contribution >= 4 is 12.0 Å². The Morgan fingerprint density at radius 3 is 2.27 bits per heavy atom. The van der Waals surface area contributed by atoms with Crippen LogP contribution in [0.1, 0.15) is 18.4 Å². The summed E-state index contributed by atoms with van der Waals surface area (Å²) in [6, 6.07) is 5.04. The highest BCUT2D eigenvalue weighted by Gasteiger charge is 2.21. The summed E-state index contributed by atoms with van der Waals surface area (Å²) in [6.45, 7) is 1.36. The van der Waals surface area contributed by atoms with Gasteiger partial charge in [-0.3, -0.25) is 4.79 Å². The van der Waals surface area contributed by atoms with Gasteiger partial charge in [-0.2, -0.15) is 5.26 Å². The number of phenols is 1. The van der Waals surface area contributed by atoms with Crippen LogP contribution in [0, 0.1) is 11.3 Å². The Hall–Kier alpha value is -2.68. The smallest absolute Gasteiger partial charge is 0.264 e. The Kier molecular flexibility index (Phi) is 4.89. The lowest BCUT2D eigenvalue weighted by atomic mass is 10.1. The van der Waals surface area contributed by atoms with Gasteiger partial charge < -0.3 is 19.5 Å². The minimum absolute atomic E-state index is 0.0525. The first-order valence-electron chi connectivity index (χ1n) is 6.96. The van der Waals surface area contributed by atoms with E-state index in [9.17, 15) is 15.2 Å². The van der Waals surface area contributed by atoms with Crippen LogP contribution >= 0.6 is 0 Å². The molecule has 0 radical (unpaired) electrons. The van der Waals surface area contributed by atoms with Crippen molar-refractivity contribution in [2.75, 3.05) is 27.3 Å². The van der Waals surface area contributed by atoms with Crippen molar-refractivity contribution in [3.05, 3.63) is 23.3 Å². The largest absolute Gasteiger partial charge is 0.502 e. The molecule has 2 rings (SSSR count). The fourth-order valence-corrected chi connectivity index (χ4v) is 2.40. The first-order chi connectivity index (χ1) is 10.6. The van der Waals surface area contributed by atoms with Crippen molar-refractivity contribution in [2.45, 2.75) is 12.8 Å². The standard InChI is InChI=1S/C16H18N2O4/c1-21-13-8-11(9-14(22-2)15(13)19)7-12(10-17)16(20)18-5-3-4-6-18/h7-9,19H,3-6H2,1-2H3/b12-7-. The van der Waals surface area contributed by atoms with Gasteiger partial charge >= 0.3 is 0 Å². The molecule has 1 N–H and O–H groups in total. The number of ether oxygens (including phenoxy) is 2. The monoisotopic (exact) mass is 302 g/mol. The molecule has 116 valence electrons. The second kappa shape index (κ2) is 6.85. The molecule has 1 aliphatic rings. The lowest BCUT2D eigenvalue weighted by Gasteiger charge is -2.14. The average Bonchev–Trinajstić information content (AvgIpc) is 3.07. The van der Waals surface area contributed by atoms with Crippen molar-refractivity contribution < 1.29 is 19.4 Å². The van der Waals surface area contributed by atoms with Crippen molar-refractivity contribution in [3.63, 3.8) is 0 Å². The van der Waals surface area contributed by atoms with Crippen molar-refractivity contribution in [2.24, 2.45) is 0 Å². The zero-order valence-electron chi connectivity index (χ0n) is 12.6. The second-order valence-corrected chi connectivity index (χ2v) is 4.94. The molecule has 0 unspecified atom stereocenters. The summed E-state index contributed by atoms with van der Waals surface area (Å²) < 4.78 is 10.1. The minimum atomic E-state index is -0.272. The fraction of sp³-hybridized carbons (Fsp3) is 0.375. The Morgan fingerprint density at radius 2 is 1.82 bits per heavy atom. The molecule has 0 aliphatic carbocycles. The van der Waals surface area contributed by atoms with E-state index in [-0.39, 0.29) is 28.7 Å². The van der Waals surface area contributed by atoms with Crippen LogP contribution in [0.5, 0.6) is 17.2 Å². The van der Waals surface area contributed by atoms with Gasteiger partial charge in [0.05, 0.1) is 14.2 Å². The predicted octanol–water partition coefficient (Wildman–Crippen LogP) is 1.94. The van der Waals surface area contributed by atoms with Gasteiger partial charge in [0.2, 0.25) is 5.75 Å². The molecular formula is C16H18N2O4. The number of benzene rings is 1. The lowest BCUT2D eigenvalue weighted by molar-refractivity contribution is -0.125. The fourth-order valence-electron chi connectivity index (χ4n) is 2.40. The summed E-state index contributed by atoms with van der Waals surface area (Å²) in [5, 5.41) is 19.1. The van der Waals surface area contributed by atoms with E-state index in [1.54, 1.807) is 17.0 Å². The van der Waals surface area contributed by atoms with E-state index in [4.69, 9.17) is 9.47 Å². The van der Waals surface area contributed by atoms with Gasteiger partial charge in [0, 0.05) is 13.1 Å².